The molecular formula is C33H50N2O7. The van der Waals surface area contributed by atoms with Gasteiger partial charge in [0.05, 0.1) is 25.5 Å². The number of hydrogen-bond acceptors (Lipinski definition) is 8. The highest BCUT2D eigenvalue weighted by Crippen LogP contribution is 2.38. The summed E-state index contributed by atoms with van der Waals surface area (Å²) in [6, 6.07) is 11.0. The van der Waals surface area contributed by atoms with Gasteiger partial charge in [-0.15, -0.1) is 0 Å². The van der Waals surface area contributed by atoms with Crippen molar-refractivity contribution >= 4 is 11.6 Å². The maximum Gasteiger partial charge on any atom is 0.227 e. The van der Waals surface area contributed by atoms with E-state index < -0.39 is 18.1 Å². The molecule has 1 heterocycles. The number of fused-ring (bicyclic) bond motifs is 1. The zero-order valence-electron chi connectivity index (χ0n) is 26.1. The number of nitrogens with one attached hydrogen (secondary N) is 1. The summed E-state index contributed by atoms with van der Waals surface area (Å²) in [4.78, 5) is 13.4. The van der Waals surface area contributed by atoms with Crippen molar-refractivity contribution in [2.45, 2.75) is 65.5 Å². The van der Waals surface area contributed by atoms with E-state index in [9.17, 15) is 9.90 Å². The van der Waals surface area contributed by atoms with Crippen LogP contribution >= 0.6 is 0 Å². The van der Waals surface area contributed by atoms with Crippen LogP contribution in [-0.2, 0) is 16.0 Å². The second-order valence-electron chi connectivity index (χ2n) is 11.8. The van der Waals surface area contributed by atoms with Gasteiger partial charge in [-0.3, -0.25) is 4.79 Å². The summed E-state index contributed by atoms with van der Waals surface area (Å²) in [6.07, 6.45) is 1.63. The van der Waals surface area contributed by atoms with Crippen LogP contribution in [0.3, 0.4) is 0 Å². The van der Waals surface area contributed by atoms with Crippen molar-refractivity contribution in [2.75, 3.05) is 46.0 Å². The van der Waals surface area contributed by atoms with Gasteiger partial charge in [0, 0.05) is 32.1 Å². The molecule has 4 atom stereocenters. The van der Waals surface area contributed by atoms with Gasteiger partial charge in [-0.05, 0) is 66.8 Å². The van der Waals surface area contributed by atoms with Crippen molar-refractivity contribution in [3.05, 3.63) is 42.0 Å². The zero-order valence-corrected chi connectivity index (χ0v) is 26.1. The number of carbonyl (C=O) groups excluding carboxylic acids is 1. The molecule has 0 spiro atoms. The molecule has 9 nitrogen and oxygen atoms in total. The number of nitrogens with two attached hydrogens (primary N) is 1. The molecule has 234 valence electrons. The van der Waals surface area contributed by atoms with E-state index in [1.54, 1.807) is 20.3 Å². The third-order valence-corrected chi connectivity index (χ3v) is 7.95. The molecule has 0 fully saturated rings. The maximum absolute atomic E-state index is 13.4. The van der Waals surface area contributed by atoms with Crippen LogP contribution in [0.15, 0.2) is 36.4 Å². The van der Waals surface area contributed by atoms with Crippen LogP contribution in [0.5, 0.6) is 23.0 Å². The van der Waals surface area contributed by atoms with Gasteiger partial charge >= 0.3 is 0 Å². The second-order valence-corrected chi connectivity index (χ2v) is 11.8. The average Bonchev–Trinajstić information content (AvgIpc) is 2.97. The van der Waals surface area contributed by atoms with Gasteiger partial charge in [0.25, 0.3) is 0 Å². The normalized spacial score (nSPS) is 15.7. The molecule has 1 aliphatic rings. The van der Waals surface area contributed by atoms with Gasteiger partial charge in [0.2, 0.25) is 5.91 Å². The molecule has 0 aliphatic carbocycles. The molecule has 2 aromatic carbocycles. The summed E-state index contributed by atoms with van der Waals surface area (Å²) in [5.41, 5.74) is 8.29. The SMILES string of the molecule is COCCCOc1cc(C[C@@H](C[C@H](N)[C@@H](O)C[C@H](C(=O)Nc2cccc3c2OCCO3)C(C)C)C(C)C)ccc1OC. The van der Waals surface area contributed by atoms with Gasteiger partial charge in [-0.25, -0.2) is 0 Å². The second kappa shape index (κ2) is 16.6. The van der Waals surface area contributed by atoms with E-state index >= 15 is 0 Å². The Hall–Kier alpha value is -3.01. The van der Waals surface area contributed by atoms with E-state index in [0.29, 0.717) is 67.5 Å². The topological polar surface area (TPSA) is 122 Å². The van der Waals surface area contributed by atoms with Crippen LogP contribution < -0.4 is 30.0 Å². The predicted octanol–water partition coefficient (Wildman–Crippen LogP) is 5.08. The van der Waals surface area contributed by atoms with Crippen molar-refractivity contribution in [1.29, 1.82) is 0 Å². The molecule has 1 amide bonds. The molecule has 42 heavy (non-hydrogen) atoms. The summed E-state index contributed by atoms with van der Waals surface area (Å²) in [5.74, 6) is 2.53. The van der Waals surface area contributed by atoms with Gasteiger partial charge in [0.15, 0.2) is 23.0 Å². The highest BCUT2D eigenvalue weighted by atomic mass is 16.6. The minimum absolute atomic E-state index is 0.00561. The fourth-order valence-corrected chi connectivity index (χ4v) is 5.26. The molecule has 0 unspecified atom stereocenters. The third-order valence-electron chi connectivity index (χ3n) is 7.95. The lowest BCUT2D eigenvalue weighted by atomic mass is 9.81. The van der Waals surface area contributed by atoms with Crippen LogP contribution in [0, 0.1) is 23.7 Å². The number of amides is 1. The Balaban J connectivity index is 1.63. The largest absolute Gasteiger partial charge is 0.493 e. The first-order valence-corrected chi connectivity index (χ1v) is 15.1. The molecule has 3 rings (SSSR count). The number of para-hydroxylation sites is 1. The van der Waals surface area contributed by atoms with Crippen molar-refractivity contribution in [1.82, 2.24) is 0 Å². The maximum atomic E-state index is 13.4. The van der Waals surface area contributed by atoms with Crippen LogP contribution in [0.1, 0.15) is 52.5 Å². The lowest BCUT2D eigenvalue weighted by molar-refractivity contribution is -0.122. The summed E-state index contributed by atoms with van der Waals surface area (Å²) < 4.78 is 28.0. The number of aliphatic hydroxyl groups excluding tert-OH is 1. The Bertz CT molecular complexity index is 1120. The summed E-state index contributed by atoms with van der Waals surface area (Å²) in [6.45, 7) is 10.4. The number of rotatable bonds is 17. The van der Waals surface area contributed by atoms with E-state index in [2.05, 4.69) is 19.2 Å². The van der Waals surface area contributed by atoms with Crippen molar-refractivity contribution < 1.29 is 33.6 Å². The first kappa shape index (κ1) is 33.5. The van der Waals surface area contributed by atoms with E-state index in [1.807, 2.05) is 44.2 Å². The summed E-state index contributed by atoms with van der Waals surface area (Å²) >= 11 is 0. The van der Waals surface area contributed by atoms with Gasteiger partial charge in [0.1, 0.15) is 13.2 Å². The molecule has 9 heteroatoms. The number of aliphatic hydroxyl groups is 1. The van der Waals surface area contributed by atoms with Crippen LogP contribution in [0.4, 0.5) is 5.69 Å². The monoisotopic (exact) mass is 586 g/mol. The Labute approximate surface area is 251 Å². The number of anilines is 1. The van der Waals surface area contributed by atoms with Gasteiger partial charge in [-0.2, -0.15) is 0 Å². The quantitative estimate of drug-likeness (QED) is 0.220. The predicted molar refractivity (Wildman–Crippen MR) is 165 cm³/mol. The highest BCUT2D eigenvalue weighted by Gasteiger charge is 2.31. The zero-order chi connectivity index (χ0) is 30.6. The van der Waals surface area contributed by atoms with Crippen molar-refractivity contribution in [2.24, 2.45) is 29.4 Å². The summed E-state index contributed by atoms with van der Waals surface area (Å²) in [7, 11) is 3.31. The molecule has 0 saturated carbocycles. The molecule has 4 N–H and O–H groups in total. The van der Waals surface area contributed by atoms with Crippen molar-refractivity contribution in [3.63, 3.8) is 0 Å². The summed E-state index contributed by atoms with van der Waals surface area (Å²) in [5, 5.41) is 14.2. The standard InChI is InChI=1S/C33H50N2O7/c1-21(2)24(17-23-11-12-29(39-6)31(18-23)40-14-8-13-38-5)19-26(34)28(36)20-25(22(3)4)33(37)35-27-9-7-10-30-32(27)42-16-15-41-30/h7,9-12,18,21-22,24-26,28,36H,8,13-17,19-20,34H2,1-6H3,(H,35,37)/t24-,25-,26-,28-/m0/s1. The minimum Gasteiger partial charge on any atom is -0.493 e. The number of carbonyl (C=O) groups is 1. The molecular weight excluding hydrogens is 536 g/mol. The van der Waals surface area contributed by atoms with Gasteiger partial charge < -0.3 is 39.8 Å². The fourth-order valence-electron chi connectivity index (χ4n) is 5.26. The molecule has 1 aliphatic heterocycles. The first-order chi connectivity index (χ1) is 20.1. The van der Waals surface area contributed by atoms with E-state index in [1.165, 1.54) is 0 Å². The Kier molecular flexibility index (Phi) is 13.2. The molecule has 2 aromatic rings. The lowest BCUT2D eigenvalue weighted by Gasteiger charge is -2.30. The Morgan fingerprint density at radius 1 is 1.00 bits per heavy atom. The average molecular weight is 587 g/mol. The van der Waals surface area contributed by atoms with E-state index in [0.717, 1.165) is 18.4 Å². The fraction of sp³-hybridized carbons (Fsp3) is 0.606. The Morgan fingerprint density at radius 2 is 1.76 bits per heavy atom. The smallest absolute Gasteiger partial charge is 0.227 e. The number of methoxy groups -OCH3 is 2. The van der Waals surface area contributed by atoms with Crippen molar-refractivity contribution in [3.8, 4) is 23.0 Å². The number of benzene rings is 2. The van der Waals surface area contributed by atoms with Gasteiger partial charge in [-0.1, -0.05) is 39.8 Å². The minimum atomic E-state index is -0.829. The molecule has 0 radical (unpaired) electrons. The lowest BCUT2D eigenvalue weighted by Crippen LogP contribution is -2.41. The molecule has 0 bridgehead atoms. The van der Waals surface area contributed by atoms with Crippen LogP contribution in [-0.4, -0.2) is 63.8 Å². The molecule has 0 aromatic heterocycles. The Morgan fingerprint density at radius 3 is 2.45 bits per heavy atom. The number of hydrogen-bond donors (Lipinski definition) is 3. The van der Waals surface area contributed by atoms with Crippen LogP contribution in [0.25, 0.3) is 0 Å². The highest BCUT2D eigenvalue weighted by molar-refractivity contribution is 5.94. The van der Waals surface area contributed by atoms with Crippen LogP contribution in [0.2, 0.25) is 0 Å². The van der Waals surface area contributed by atoms with E-state index in [-0.39, 0.29) is 24.2 Å². The first-order valence-electron chi connectivity index (χ1n) is 15.1. The third kappa shape index (κ3) is 9.51. The van der Waals surface area contributed by atoms with E-state index in [4.69, 9.17) is 29.4 Å². The number of ether oxygens (including phenoxy) is 5. The molecule has 0 saturated heterocycles.